The zero-order valence-electron chi connectivity index (χ0n) is 24.0. The van der Waals surface area contributed by atoms with E-state index in [0.29, 0.717) is 23.1 Å². The van der Waals surface area contributed by atoms with E-state index < -0.39 is 28.5 Å². The number of hydrogen-bond acceptors (Lipinski definition) is 6. The van der Waals surface area contributed by atoms with Gasteiger partial charge >= 0.3 is 0 Å². The van der Waals surface area contributed by atoms with Crippen LogP contribution in [0.4, 0.5) is 5.69 Å². The predicted molar refractivity (Wildman–Crippen MR) is 163 cm³/mol. The Bertz CT molecular complexity index is 1480. The Morgan fingerprint density at radius 2 is 1.64 bits per heavy atom. The molecular formula is C31H36ClN3O6S. The number of rotatable bonds is 13. The molecule has 1 aliphatic rings. The number of carbonyl (C=O) groups is 2. The molecule has 2 amide bonds. The number of nitrogens with zero attached hydrogens (tertiary/aromatic N) is 2. The monoisotopic (exact) mass is 613 g/mol. The molecule has 1 aliphatic heterocycles. The fourth-order valence-corrected chi connectivity index (χ4v) is 5.70. The minimum Gasteiger partial charge on any atom is -0.454 e. The number of fused-ring (bicyclic) bond motifs is 1. The molecule has 11 heteroatoms. The summed E-state index contributed by atoms with van der Waals surface area (Å²) in [6.07, 6.45) is 0.245. The lowest BCUT2D eigenvalue weighted by Crippen LogP contribution is -2.53. The van der Waals surface area contributed by atoms with E-state index in [9.17, 15) is 18.0 Å². The van der Waals surface area contributed by atoms with Crippen LogP contribution in [0.5, 0.6) is 11.5 Å². The van der Waals surface area contributed by atoms with Gasteiger partial charge < -0.3 is 19.7 Å². The summed E-state index contributed by atoms with van der Waals surface area (Å²) in [5.41, 5.74) is 1.88. The molecular weight excluding hydrogens is 578 g/mol. The van der Waals surface area contributed by atoms with Gasteiger partial charge in [-0.2, -0.15) is 0 Å². The van der Waals surface area contributed by atoms with Crippen molar-refractivity contribution in [1.29, 1.82) is 0 Å². The highest BCUT2D eigenvalue weighted by Gasteiger charge is 2.34. The zero-order valence-corrected chi connectivity index (χ0v) is 25.5. The SMILES string of the molecule is CCS(=O)(=O)N(CC(=O)N(Cc1ccc(Cl)cc1)C(Cc1ccccc1)C(=O)NCC(C)C)c1ccc2c(c1)OCO2. The van der Waals surface area contributed by atoms with Gasteiger partial charge in [0.2, 0.25) is 28.6 Å². The molecule has 0 bridgehead atoms. The van der Waals surface area contributed by atoms with Crippen molar-refractivity contribution < 1.29 is 27.5 Å². The van der Waals surface area contributed by atoms with Crippen LogP contribution in [0.25, 0.3) is 0 Å². The molecule has 42 heavy (non-hydrogen) atoms. The van der Waals surface area contributed by atoms with Crippen LogP contribution in [-0.4, -0.2) is 56.8 Å². The van der Waals surface area contributed by atoms with E-state index in [1.54, 1.807) is 42.5 Å². The minimum absolute atomic E-state index is 0.0275. The van der Waals surface area contributed by atoms with Gasteiger partial charge in [0.25, 0.3) is 0 Å². The van der Waals surface area contributed by atoms with Crippen molar-refractivity contribution in [2.45, 2.75) is 39.8 Å². The van der Waals surface area contributed by atoms with Gasteiger partial charge in [-0.05, 0) is 48.2 Å². The van der Waals surface area contributed by atoms with Crippen LogP contribution >= 0.6 is 11.6 Å². The van der Waals surface area contributed by atoms with Gasteiger partial charge in [0.1, 0.15) is 12.6 Å². The Morgan fingerprint density at radius 3 is 2.31 bits per heavy atom. The third-order valence-corrected chi connectivity index (χ3v) is 8.84. The number of halogens is 1. The van der Waals surface area contributed by atoms with Crippen molar-refractivity contribution in [1.82, 2.24) is 10.2 Å². The smallest absolute Gasteiger partial charge is 0.244 e. The summed E-state index contributed by atoms with van der Waals surface area (Å²) in [5.74, 6) is 0.0113. The first-order chi connectivity index (χ1) is 20.1. The second-order valence-corrected chi connectivity index (χ2v) is 13.1. The average molecular weight is 614 g/mol. The zero-order chi connectivity index (χ0) is 30.3. The van der Waals surface area contributed by atoms with Crippen molar-refractivity contribution in [3.05, 3.63) is 88.9 Å². The molecule has 4 rings (SSSR count). The molecule has 9 nitrogen and oxygen atoms in total. The van der Waals surface area contributed by atoms with Crippen molar-refractivity contribution in [3.63, 3.8) is 0 Å². The van der Waals surface area contributed by atoms with Crippen molar-refractivity contribution >= 4 is 39.1 Å². The molecule has 0 aliphatic carbocycles. The van der Waals surface area contributed by atoms with Gasteiger partial charge in [0, 0.05) is 30.6 Å². The van der Waals surface area contributed by atoms with Gasteiger partial charge in [-0.25, -0.2) is 8.42 Å². The van der Waals surface area contributed by atoms with Gasteiger partial charge in [0.15, 0.2) is 11.5 Å². The number of nitrogens with one attached hydrogen (secondary N) is 1. The molecule has 3 aromatic carbocycles. The van der Waals surface area contributed by atoms with Gasteiger partial charge in [-0.3, -0.25) is 13.9 Å². The average Bonchev–Trinajstić information content (AvgIpc) is 3.46. The maximum atomic E-state index is 14.2. The van der Waals surface area contributed by atoms with E-state index >= 15 is 0 Å². The molecule has 0 saturated carbocycles. The second kappa shape index (κ2) is 13.9. The largest absolute Gasteiger partial charge is 0.454 e. The van der Waals surface area contributed by atoms with Crippen molar-refractivity contribution in [3.8, 4) is 11.5 Å². The van der Waals surface area contributed by atoms with Crippen LogP contribution in [0.2, 0.25) is 5.02 Å². The van der Waals surface area contributed by atoms with Crippen LogP contribution in [0.1, 0.15) is 31.9 Å². The van der Waals surface area contributed by atoms with E-state index in [0.717, 1.165) is 15.4 Å². The standard InChI is InChI=1S/C31H36ClN3O6S/c1-4-42(38,39)35(26-14-15-28-29(17-26)41-21-40-28)20-30(36)34(19-24-10-12-25(32)13-11-24)27(31(37)33-18-22(2)3)16-23-8-6-5-7-9-23/h5-15,17,22,27H,4,16,18-21H2,1-3H3,(H,33,37). The van der Waals surface area contributed by atoms with Crippen LogP contribution < -0.4 is 19.1 Å². The predicted octanol–water partition coefficient (Wildman–Crippen LogP) is 4.64. The molecule has 3 aromatic rings. The Balaban J connectivity index is 1.73. The summed E-state index contributed by atoms with van der Waals surface area (Å²) in [6, 6.07) is 20.3. The summed E-state index contributed by atoms with van der Waals surface area (Å²) in [7, 11) is -3.89. The summed E-state index contributed by atoms with van der Waals surface area (Å²) in [4.78, 5) is 29.4. The Hall–Kier alpha value is -3.76. The summed E-state index contributed by atoms with van der Waals surface area (Å²) in [6.45, 7) is 5.52. The number of amides is 2. The molecule has 1 unspecified atom stereocenters. The Morgan fingerprint density at radius 1 is 0.952 bits per heavy atom. The molecule has 0 spiro atoms. The Labute approximate surface area is 252 Å². The lowest BCUT2D eigenvalue weighted by molar-refractivity contribution is -0.140. The first-order valence-corrected chi connectivity index (χ1v) is 15.8. The van der Waals surface area contributed by atoms with Gasteiger partial charge in [-0.1, -0.05) is 67.9 Å². The lowest BCUT2D eigenvalue weighted by Gasteiger charge is -2.34. The minimum atomic E-state index is -3.89. The van der Waals surface area contributed by atoms with E-state index in [1.165, 1.54) is 11.8 Å². The molecule has 0 radical (unpaired) electrons. The lowest BCUT2D eigenvalue weighted by atomic mass is 10.0. The number of ether oxygens (including phenoxy) is 2. The molecule has 0 fully saturated rings. The van der Waals surface area contributed by atoms with E-state index in [-0.39, 0.29) is 43.0 Å². The van der Waals surface area contributed by atoms with Gasteiger partial charge in [-0.15, -0.1) is 0 Å². The summed E-state index contributed by atoms with van der Waals surface area (Å²) >= 11 is 6.11. The second-order valence-electron chi connectivity index (χ2n) is 10.4. The highest BCUT2D eigenvalue weighted by molar-refractivity contribution is 7.92. The fourth-order valence-electron chi connectivity index (χ4n) is 4.52. The third kappa shape index (κ3) is 7.95. The number of benzene rings is 3. The molecule has 224 valence electrons. The highest BCUT2D eigenvalue weighted by Crippen LogP contribution is 2.36. The fraction of sp³-hybridized carbons (Fsp3) is 0.355. The molecule has 1 N–H and O–H groups in total. The first-order valence-electron chi connectivity index (χ1n) is 13.8. The van der Waals surface area contributed by atoms with Gasteiger partial charge in [0.05, 0.1) is 11.4 Å². The van der Waals surface area contributed by atoms with Crippen LogP contribution in [0.15, 0.2) is 72.8 Å². The van der Waals surface area contributed by atoms with E-state index in [2.05, 4.69) is 5.32 Å². The molecule has 1 atom stereocenters. The summed E-state index contributed by atoms with van der Waals surface area (Å²) < 4.78 is 38.5. The maximum Gasteiger partial charge on any atom is 0.244 e. The normalized spacial score (nSPS) is 13.1. The van der Waals surface area contributed by atoms with E-state index in [4.69, 9.17) is 21.1 Å². The van der Waals surface area contributed by atoms with Crippen LogP contribution in [0.3, 0.4) is 0 Å². The topological polar surface area (TPSA) is 105 Å². The summed E-state index contributed by atoms with van der Waals surface area (Å²) in [5, 5.41) is 3.51. The number of sulfonamides is 1. The van der Waals surface area contributed by atoms with Crippen molar-refractivity contribution in [2.75, 3.05) is 29.9 Å². The maximum absolute atomic E-state index is 14.2. The van der Waals surface area contributed by atoms with Crippen molar-refractivity contribution in [2.24, 2.45) is 5.92 Å². The molecule has 0 saturated heterocycles. The Kier molecular flexibility index (Phi) is 10.3. The quantitative estimate of drug-likeness (QED) is 0.301. The van der Waals surface area contributed by atoms with E-state index in [1.807, 2.05) is 44.2 Å². The molecule has 1 heterocycles. The van der Waals surface area contributed by atoms with Crippen LogP contribution in [-0.2, 0) is 32.6 Å². The third-order valence-electron chi connectivity index (χ3n) is 6.85. The number of carbonyl (C=O) groups excluding carboxylic acids is 2. The number of hydrogen-bond donors (Lipinski definition) is 1. The van der Waals surface area contributed by atoms with Crippen LogP contribution in [0, 0.1) is 5.92 Å². The first kappa shape index (κ1) is 31.2. The highest BCUT2D eigenvalue weighted by atomic mass is 35.5. The number of anilines is 1. The molecule has 0 aromatic heterocycles.